The van der Waals surface area contributed by atoms with E-state index in [0.717, 1.165) is 22.6 Å². The summed E-state index contributed by atoms with van der Waals surface area (Å²) in [6, 6.07) is 22.1. The standard InChI is InChI=1S/C28H25ClN4O4S/c1-36-21-10-6-17(7-11-21)23-15-24(18-4-3-5-19(29)14-18)33(32-23)28-31-27(35)25(38-28)16-26(34)30-20-8-12-22(37-2)13-9-20/h3-14,24-25H,15-16H2,1-2H3,(H,30,34)/t24-,25+/m1/s1. The number of nitrogens with zero attached hydrogens (tertiary/aromatic N) is 3. The summed E-state index contributed by atoms with van der Waals surface area (Å²) in [4.78, 5) is 29.8. The van der Waals surface area contributed by atoms with E-state index in [1.54, 1.807) is 43.5 Å². The Bertz CT molecular complexity index is 1410. The zero-order chi connectivity index (χ0) is 26.6. The zero-order valence-electron chi connectivity index (χ0n) is 20.8. The molecule has 8 nitrogen and oxygen atoms in total. The average Bonchev–Trinajstić information content (AvgIpc) is 3.53. The van der Waals surface area contributed by atoms with Crippen LogP contribution in [0.2, 0.25) is 5.02 Å². The molecule has 0 aromatic heterocycles. The lowest BCUT2D eigenvalue weighted by Crippen LogP contribution is -2.25. The smallest absolute Gasteiger partial charge is 0.262 e. The molecule has 0 radical (unpaired) electrons. The number of benzene rings is 3. The molecule has 5 rings (SSSR count). The van der Waals surface area contributed by atoms with E-state index in [2.05, 4.69) is 10.3 Å². The number of anilines is 1. The van der Waals surface area contributed by atoms with Gasteiger partial charge in [-0.3, -0.25) is 9.59 Å². The van der Waals surface area contributed by atoms with Gasteiger partial charge < -0.3 is 14.8 Å². The van der Waals surface area contributed by atoms with Crippen LogP contribution in [0.1, 0.15) is 30.0 Å². The molecular weight excluding hydrogens is 524 g/mol. The number of halogens is 1. The summed E-state index contributed by atoms with van der Waals surface area (Å²) in [5.41, 5.74) is 3.39. The Labute approximate surface area is 229 Å². The predicted octanol–water partition coefficient (Wildman–Crippen LogP) is 5.54. The maximum atomic E-state index is 12.8. The maximum Gasteiger partial charge on any atom is 0.262 e. The minimum Gasteiger partial charge on any atom is -0.497 e. The number of hydrogen-bond donors (Lipinski definition) is 1. The van der Waals surface area contributed by atoms with Gasteiger partial charge in [0.1, 0.15) is 16.7 Å². The van der Waals surface area contributed by atoms with Crippen molar-refractivity contribution in [3.8, 4) is 11.5 Å². The number of amides is 2. The largest absolute Gasteiger partial charge is 0.497 e. The monoisotopic (exact) mass is 548 g/mol. The molecule has 38 heavy (non-hydrogen) atoms. The quantitative estimate of drug-likeness (QED) is 0.417. The second-order valence-electron chi connectivity index (χ2n) is 8.71. The molecule has 3 aromatic rings. The van der Waals surface area contributed by atoms with Gasteiger partial charge in [-0.25, -0.2) is 5.01 Å². The fourth-order valence-corrected chi connectivity index (χ4v) is 5.54. The van der Waals surface area contributed by atoms with Gasteiger partial charge in [-0.2, -0.15) is 10.1 Å². The number of hydrazone groups is 1. The Morgan fingerprint density at radius 3 is 2.39 bits per heavy atom. The highest BCUT2D eigenvalue weighted by Crippen LogP contribution is 2.39. The molecule has 3 aromatic carbocycles. The number of amidine groups is 1. The first kappa shape index (κ1) is 25.8. The third-order valence-corrected chi connectivity index (χ3v) is 7.61. The second kappa shape index (κ2) is 11.3. The normalized spacial score (nSPS) is 18.7. The Balaban J connectivity index is 1.33. The molecule has 0 aliphatic carbocycles. The van der Waals surface area contributed by atoms with E-state index in [4.69, 9.17) is 26.2 Å². The molecule has 2 atom stereocenters. The Morgan fingerprint density at radius 2 is 1.74 bits per heavy atom. The Morgan fingerprint density at radius 1 is 1.05 bits per heavy atom. The van der Waals surface area contributed by atoms with Gasteiger partial charge in [0.25, 0.3) is 5.91 Å². The van der Waals surface area contributed by atoms with Crippen molar-refractivity contribution < 1.29 is 19.1 Å². The summed E-state index contributed by atoms with van der Waals surface area (Å²) >= 11 is 7.55. The molecule has 0 saturated carbocycles. The van der Waals surface area contributed by atoms with Gasteiger partial charge in [0, 0.05) is 23.6 Å². The molecule has 0 spiro atoms. The van der Waals surface area contributed by atoms with Gasteiger partial charge in [0.15, 0.2) is 5.17 Å². The Hall–Kier alpha value is -3.82. The van der Waals surface area contributed by atoms with Gasteiger partial charge in [-0.1, -0.05) is 35.5 Å². The minimum absolute atomic E-state index is 0.00669. The van der Waals surface area contributed by atoms with Gasteiger partial charge in [0.05, 0.1) is 26.0 Å². The van der Waals surface area contributed by atoms with Gasteiger partial charge in [0.2, 0.25) is 5.91 Å². The van der Waals surface area contributed by atoms with Crippen LogP contribution >= 0.6 is 23.4 Å². The highest BCUT2D eigenvalue weighted by molar-refractivity contribution is 8.15. The summed E-state index contributed by atoms with van der Waals surface area (Å²) in [7, 11) is 3.20. The number of rotatable bonds is 7. The van der Waals surface area contributed by atoms with Crippen LogP contribution in [0.5, 0.6) is 11.5 Å². The molecule has 0 saturated heterocycles. The van der Waals surface area contributed by atoms with Gasteiger partial charge >= 0.3 is 0 Å². The van der Waals surface area contributed by atoms with Crippen LogP contribution in [-0.2, 0) is 9.59 Å². The summed E-state index contributed by atoms with van der Waals surface area (Å²) in [6.07, 6.45) is 0.594. The molecule has 10 heteroatoms. The van der Waals surface area contributed by atoms with E-state index in [-0.39, 0.29) is 24.3 Å². The van der Waals surface area contributed by atoms with E-state index in [1.165, 1.54) is 11.8 Å². The summed E-state index contributed by atoms with van der Waals surface area (Å²) in [6.45, 7) is 0. The van der Waals surface area contributed by atoms with Crippen LogP contribution in [0.15, 0.2) is 82.9 Å². The topological polar surface area (TPSA) is 92.6 Å². The summed E-state index contributed by atoms with van der Waals surface area (Å²) in [5, 5.41) is 9.91. The first-order valence-electron chi connectivity index (χ1n) is 11.9. The highest BCUT2D eigenvalue weighted by atomic mass is 35.5. The first-order chi connectivity index (χ1) is 18.4. The van der Waals surface area contributed by atoms with E-state index in [0.29, 0.717) is 28.0 Å². The number of hydrogen-bond acceptors (Lipinski definition) is 7. The van der Waals surface area contributed by atoms with Crippen LogP contribution in [0.4, 0.5) is 5.69 Å². The number of carbonyl (C=O) groups excluding carboxylic acids is 2. The van der Waals surface area contributed by atoms with Gasteiger partial charge in [-0.05, 0) is 71.8 Å². The second-order valence-corrected chi connectivity index (χ2v) is 10.3. The number of carbonyl (C=O) groups is 2. The molecular formula is C28H25ClN4O4S. The number of ether oxygens (including phenoxy) is 2. The van der Waals surface area contributed by atoms with Crippen molar-refractivity contribution in [3.05, 3.63) is 88.9 Å². The molecule has 2 aliphatic heterocycles. The van der Waals surface area contributed by atoms with Crippen molar-refractivity contribution in [3.63, 3.8) is 0 Å². The minimum atomic E-state index is -0.636. The molecule has 0 unspecified atom stereocenters. The fourth-order valence-electron chi connectivity index (χ4n) is 4.28. The third kappa shape index (κ3) is 5.69. The van der Waals surface area contributed by atoms with Crippen LogP contribution in [-0.4, -0.2) is 47.2 Å². The van der Waals surface area contributed by atoms with E-state index >= 15 is 0 Å². The van der Waals surface area contributed by atoms with Crippen molar-refractivity contribution in [2.75, 3.05) is 19.5 Å². The van der Waals surface area contributed by atoms with Crippen molar-refractivity contribution >= 4 is 51.7 Å². The van der Waals surface area contributed by atoms with E-state index < -0.39 is 5.25 Å². The average molecular weight is 549 g/mol. The summed E-state index contributed by atoms with van der Waals surface area (Å²) in [5.74, 6) is 0.824. The number of nitrogens with one attached hydrogen (secondary N) is 1. The fraction of sp³-hybridized carbons (Fsp3) is 0.214. The first-order valence-corrected chi connectivity index (χ1v) is 13.2. The van der Waals surface area contributed by atoms with Crippen LogP contribution in [0.25, 0.3) is 0 Å². The maximum absolute atomic E-state index is 12.8. The zero-order valence-corrected chi connectivity index (χ0v) is 22.3. The lowest BCUT2D eigenvalue weighted by molar-refractivity contribution is -0.121. The van der Waals surface area contributed by atoms with Gasteiger partial charge in [-0.15, -0.1) is 0 Å². The predicted molar refractivity (Wildman–Crippen MR) is 150 cm³/mol. The highest BCUT2D eigenvalue weighted by Gasteiger charge is 2.39. The number of aliphatic imine (C=N–C) groups is 1. The van der Waals surface area contributed by atoms with Crippen LogP contribution in [0.3, 0.4) is 0 Å². The molecule has 2 aliphatic rings. The number of methoxy groups -OCH3 is 2. The third-order valence-electron chi connectivity index (χ3n) is 6.24. The molecule has 0 bridgehead atoms. The SMILES string of the molecule is COc1ccc(NC(=O)C[C@@H]2SC(N3N=C(c4ccc(OC)cc4)C[C@@H]3c3cccc(Cl)c3)=NC2=O)cc1. The Kier molecular flexibility index (Phi) is 7.67. The van der Waals surface area contributed by atoms with Crippen LogP contribution in [0, 0.1) is 0 Å². The summed E-state index contributed by atoms with van der Waals surface area (Å²) < 4.78 is 10.4. The van der Waals surface area contributed by atoms with Crippen molar-refractivity contribution in [1.82, 2.24) is 5.01 Å². The van der Waals surface area contributed by atoms with Crippen LogP contribution < -0.4 is 14.8 Å². The lowest BCUT2D eigenvalue weighted by atomic mass is 9.98. The molecule has 2 amide bonds. The molecule has 0 fully saturated rings. The molecule has 194 valence electrons. The lowest BCUT2D eigenvalue weighted by Gasteiger charge is -2.23. The van der Waals surface area contributed by atoms with Crippen molar-refractivity contribution in [1.29, 1.82) is 0 Å². The van der Waals surface area contributed by atoms with Crippen molar-refractivity contribution in [2.45, 2.75) is 24.1 Å². The van der Waals surface area contributed by atoms with Crippen molar-refractivity contribution in [2.24, 2.45) is 10.1 Å². The van der Waals surface area contributed by atoms with E-state index in [1.807, 2.05) is 48.5 Å². The molecule has 2 heterocycles. The molecule has 1 N–H and O–H groups in total. The van der Waals surface area contributed by atoms with E-state index in [9.17, 15) is 9.59 Å². The number of thioether (sulfide) groups is 1.